The van der Waals surface area contributed by atoms with Crippen LogP contribution in [0.3, 0.4) is 0 Å². The average Bonchev–Trinajstić information content (AvgIpc) is 2.94. The summed E-state index contributed by atoms with van der Waals surface area (Å²) in [6.07, 6.45) is 1.50. The van der Waals surface area contributed by atoms with E-state index < -0.39 is 0 Å². The molecule has 0 amide bonds. The smallest absolute Gasteiger partial charge is 0.186 e. The second-order valence-electron chi connectivity index (χ2n) is 4.80. The second kappa shape index (κ2) is 5.88. The number of benzene rings is 1. The molecule has 1 aromatic carbocycles. The first-order chi connectivity index (χ1) is 10.7. The van der Waals surface area contributed by atoms with Crippen molar-refractivity contribution in [2.45, 2.75) is 13.5 Å². The fraction of sp³-hybridized carbons (Fsp3) is 0.267. The number of aryl methyl sites for hydroxylation is 1. The Morgan fingerprint density at radius 3 is 2.82 bits per heavy atom. The summed E-state index contributed by atoms with van der Waals surface area (Å²) in [7, 11) is 3.27. The molecule has 0 atom stereocenters. The predicted molar refractivity (Wildman–Crippen MR) is 83.3 cm³/mol. The van der Waals surface area contributed by atoms with Crippen molar-refractivity contribution in [3.8, 4) is 11.5 Å². The van der Waals surface area contributed by atoms with Gasteiger partial charge in [-0.1, -0.05) is 0 Å². The molecule has 0 aliphatic rings. The number of nitrogens with one attached hydrogen (secondary N) is 2. The summed E-state index contributed by atoms with van der Waals surface area (Å²) >= 11 is 0. The number of rotatable bonds is 5. The number of aromatic nitrogens is 4. The molecule has 0 aliphatic carbocycles. The lowest BCUT2D eigenvalue weighted by Crippen LogP contribution is -2.04. The molecule has 0 saturated heterocycles. The monoisotopic (exact) mass is 299 g/mol. The molecule has 3 rings (SSSR count). The van der Waals surface area contributed by atoms with Gasteiger partial charge in [0.05, 0.1) is 19.6 Å². The molecule has 2 heterocycles. The van der Waals surface area contributed by atoms with E-state index in [9.17, 15) is 0 Å². The molecule has 0 radical (unpaired) electrons. The Bertz CT molecular complexity index is 800. The van der Waals surface area contributed by atoms with E-state index in [1.807, 2.05) is 25.1 Å². The fourth-order valence-corrected chi connectivity index (χ4v) is 2.31. The van der Waals surface area contributed by atoms with Crippen molar-refractivity contribution in [1.29, 1.82) is 0 Å². The van der Waals surface area contributed by atoms with Crippen LogP contribution in [0.15, 0.2) is 24.5 Å². The molecule has 7 heteroatoms. The lowest BCUT2D eigenvalue weighted by atomic mass is 10.2. The highest BCUT2D eigenvalue weighted by atomic mass is 16.5. The molecule has 114 valence electrons. The number of hydrogen-bond donors (Lipinski definition) is 2. The maximum atomic E-state index is 5.40. The molecule has 0 fully saturated rings. The van der Waals surface area contributed by atoms with Crippen LogP contribution < -0.4 is 14.8 Å². The number of fused-ring (bicyclic) bond motifs is 1. The summed E-state index contributed by atoms with van der Waals surface area (Å²) in [6.45, 7) is 2.52. The van der Waals surface area contributed by atoms with E-state index in [4.69, 9.17) is 9.47 Å². The molecular formula is C15H17N5O2. The summed E-state index contributed by atoms with van der Waals surface area (Å²) in [5.41, 5.74) is 2.59. The van der Waals surface area contributed by atoms with Crippen LogP contribution >= 0.6 is 0 Å². The van der Waals surface area contributed by atoms with Crippen molar-refractivity contribution in [3.05, 3.63) is 35.8 Å². The molecule has 2 aromatic heterocycles. The van der Waals surface area contributed by atoms with E-state index in [1.54, 1.807) is 14.2 Å². The second-order valence-corrected chi connectivity index (χ2v) is 4.80. The number of anilines is 1. The van der Waals surface area contributed by atoms with Gasteiger partial charge in [-0.3, -0.25) is 5.10 Å². The third-order valence-corrected chi connectivity index (χ3v) is 3.47. The summed E-state index contributed by atoms with van der Waals surface area (Å²) in [4.78, 5) is 8.44. The molecule has 22 heavy (non-hydrogen) atoms. The lowest BCUT2D eigenvalue weighted by Gasteiger charge is -2.12. The van der Waals surface area contributed by atoms with Crippen molar-refractivity contribution >= 4 is 16.9 Å². The topological polar surface area (TPSA) is 85.0 Å². The van der Waals surface area contributed by atoms with Crippen molar-refractivity contribution < 1.29 is 9.47 Å². The lowest BCUT2D eigenvalue weighted by molar-refractivity contribution is 0.391. The van der Waals surface area contributed by atoms with Gasteiger partial charge in [0.1, 0.15) is 23.6 Å². The van der Waals surface area contributed by atoms with Gasteiger partial charge < -0.3 is 14.8 Å². The highest BCUT2D eigenvalue weighted by Crippen LogP contribution is 2.26. The SMILES string of the molecule is COc1ccc(CNc2ncnc3n[nH]c(C)c23)c(OC)c1. The number of ether oxygens (including phenoxy) is 2. The first kappa shape index (κ1) is 14.1. The van der Waals surface area contributed by atoms with Crippen molar-refractivity contribution in [2.75, 3.05) is 19.5 Å². The summed E-state index contributed by atoms with van der Waals surface area (Å²) in [6, 6.07) is 5.72. The van der Waals surface area contributed by atoms with E-state index in [2.05, 4.69) is 25.5 Å². The Labute approximate surface area is 127 Å². The van der Waals surface area contributed by atoms with Gasteiger partial charge in [-0.15, -0.1) is 0 Å². The van der Waals surface area contributed by atoms with E-state index >= 15 is 0 Å². The quantitative estimate of drug-likeness (QED) is 0.752. The van der Waals surface area contributed by atoms with Gasteiger partial charge >= 0.3 is 0 Å². The number of H-pyrrole nitrogens is 1. The van der Waals surface area contributed by atoms with Gasteiger partial charge in [0.15, 0.2) is 5.65 Å². The fourth-order valence-electron chi connectivity index (χ4n) is 2.31. The molecular weight excluding hydrogens is 282 g/mol. The molecule has 2 N–H and O–H groups in total. The first-order valence-corrected chi connectivity index (χ1v) is 6.83. The zero-order valence-electron chi connectivity index (χ0n) is 12.7. The van der Waals surface area contributed by atoms with Gasteiger partial charge in [0, 0.05) is 23.9 Å². The van der Waals surface area contributed by atoms with Crippen LogP contribution in [0.1, 0.15) is 11.3 Å². The number of aromatic amines is 1. The average molecular weight is 299 g/mol. The Hall–Kier alpha value is -2.83. The highest BCUT2D eigenvalue weighted by Gasteiger charge is 2.11. The highest BCUT2D eigenvalue weighted by molar-refractivity contribution is 5.88. The van der Waals surface area contributed by atoms with Crippen LogP contribution in [0.25, 0.3) is 11.0 Å². The normalized spacial score (nSPS) is 10.7. The number of hydrogen-bond acceptors (Lipinski definition) is 6. The number of nitrogens with zero attached hydrogens (tertiary/aromatic N) is 3. The minimum atomic E-state index is 0.573. The minimum absolute atomic E-state index is 0.573. The number of methoxy groups -OCH3 is 2. The Kier molecular flexibility index (Phi) is 3.78. The van der Waals surface area contributed by atoms with Gasteiger partial charge in [-0.05, 0) is 19.1 Å². The summed E-state index contributed by atoms with van der Waals surface area (Å²) in [5.74, 6) is 2.27. The van der Waals surface area contributed by atoms with Crippen LogP contribution in [0.4, 0.5) is 5.82 Å². The van der Waals surface area contributed by atoms with Crippen molar-refractivity contribution in [1.82, 2.24) is 20.2 Å². The summed E-state index contributed by atoms with van der Waals surface area (Å²) < 4.78 is 10.6. The maximum absolute atomic E-state index is 5.40. The Balaban J connectivity index is 1.87. The molecule has 0 saturated carbocycles. The molecule has 0 bridgehead atoms. The van der Waals surface area contributed by atoms with Crippen LogP contribution in [0, 0.1) is 6.92 Å². The van der Waals surface area contributed by atoms with Gasteiger partial charge in [0.2, 0.25) is 0 Å². The molecule has 7 nitrogen and oxygen atoms in total. The van der Waals surface area contributed by atoms with E-state index in [0.29, 0.717) is 12.2 Å². The molecule has 0 aliphatic heterocycles. The van der Waals surface area contributed by atoms with Gasteiger partial charge in [-0.2, -0.15) is 5.10 Å². The maximum Gasteiger partial charge on any atom is 0.186 e. The standard InChI is InChI=1S/C15H17N5O2/c1-9-13-14(17-8-18-15(13)20-19-9)16-7-10-4-5-11(21-2)6-12(10)22-3/h4-6,8H,7H2,1-3H3,(H2,16,17,18,19,20). The Morgan fingerprint density at radius 2 is 2.05 bits per heavy atom. The zero-order valence-corrected chi connectivity index (χ0v) is 12.7. The van der Waals surface area contributed by atoms with Crippen LogP contribution in [-0.2, 0) is 6.54 Å². The molecule has 0 spiro atoms. The van der Waals surface area contributed by atoms with Crippen molar-refractivity contribution in [2.24, 2.45) is 0 Å². The van der Waals surface area contributed by atoms with Crippen LogP contribution in [0.5, 0.6) is 11.5 Å². The van der Waals surface area contributed by atoms with E-state index in [-0.39, 0.29) is 0 Å². The molecule has 0 unspecified atom stereocenters. The third-order valence-electron chi connectivity index (χ3n) is 3.47. The Morgan fingerprint density at radius 1 is 1.18 bits per heavy atom. The van der Waals surface area contributed by atoms with Gasteiger partial charge in [0.25, 0.3) is 0 Å². The largest absolute Gasteiger partial charge is 0.497 e. The summed E-state index contributed by atoms with van der Waals surface area (Å²) in [5, 5.41) is 11.3. The van der Waals surface area contributed by atoms with E-state index in [1.165, 1.54) is 6.33 Å². The predicted octanol–water partition coefficient (Wildman–Crippen LogP) is 2.29. The van der Waals surface area contributed by atoms with Gasteiger partial charge in [-0.25, -0.2) is 9.97 Å². The van der Waals surface area contributed by atoms with Crippen LogP contribution in [-0.4, -0.2) is 34.4 Å². The zero-order chi connectivity index (χ0) is 15.5. The van der Waals surface area contributed by atoms with Crippen molar-refractivity contribution in [3.63, 3.8) is 0 Å². The molecule has 3 aromatic rings. The first-order valence-electron chi connectivity index (χ1n) is 6.83. The minimum Gasteiger partial charge on any atom is -0.497 e. The van der Waals surface area contributed by atoms with E-state index in [0.717, 1.165) is 34.0 Å². The van der Waals surface area contributed by atoms with Crippen LogP contribution in [0.2, 0.25) is 0 Å². The third kappa shape index (κ3) is 2.52.